The molecule has 0 radical (unpaired) electrons. The molecule has 4 nitrogen and oxygen atoms in total. The maximum Gasteiger partial charge on any atom is 0.144 e. The minimum Gasteiger partial charge on any atom is -0.382 e. The average Bonchev–Trinajstić information content (AvgIpc) is 2.32. The van der Waals surface area contributed by atoms with Crippen molar-refractivity contribution in [3.63, 3.8) is 0 Å². The number of nitrogens with two attached hydrogens (primary N) is 1. The Morgan fingerprint density at radius 2 is 1.82 bits per heavy atom. The Morgan fingerprint density at radius 3 is 2.47 bits per heavy atom. The number of hydrogen-bond donors (Lipinski definition) is 2. The van der Waals surface area contributed by atoms with Gasteiger partial charge in [-0.1, -0.05) is 23.4 Å². The number of nitrogen functional groups attached to an aromatic ring is 1. The monoisotopic (exact) mass is 264 g/mol. The van der Waals surface area contributed by atoms with Crippen molar-refractivity contribution in [3.8, 4) is 0 Å². The van der Waals surface area contributed by atoms with Gasteiger partial charge in [0.05, 0.1) is 0 Å². The second-order valence-corrected chi connectivity index (χ2v) is 4.68. The van der Waals surface area contributed by atoms with E-state index in [1.807, 2.05) is 12.1 Å². The van der Waals surface area contributed by atoms with Crippen LogP contribution in [0.25, 0.3) is 0 Å². The quantitative estimate of drug-likeness (QED) is 0.660. The third-order valence-electron chi connectivity index (χ3n) is 1.95. The Bertz CT molecular complexity index is 541. The van der Waals surface area contributed by atoms with Crippen LogP contribution in [0.15, 0.2) is 46.6 Å². The summed E-state index contributed by atoms with van der Waals surface area (Å²) in [7, 11) is 0. The Hall–Kier alpha value is -1.59. The summed E-state index contributed by atoms with van der Waals surface area (Å²) in [5, 5.41) is 8.71. The second kappa shape index (κ2) is 5.16. The van der Waals surface area contributed by atoms with Gasteiger partial charge in [-0.25, -0.2) is 9.97 Å². The van der Waals surface area contributed by atoms with Gasteiger partial charge < -0.3 is 5.73 Å². The topological polar surface area (TPSA) is 75.7 Å². The van der Waals surface area contributed by atoms with Gasteiger partial charge in [0, 0.05) is 22.3 Å². The van der Waals surface area contributed by atoms with Gasteiger partial charge in [-0.2, -0.15) is 0 Å². The fourth-order valence-electron chi connectivity index (χ4n) is 1.20. The molecule has 0 saturated heterocycles. The molecule has 3 N–H and O–H groups in total. The van der Waals surface area contributed by atoms with Gasteiger partial charge in [-0.3, -0.25) is 5.41 Å². The Morgan fingerprint density at radius 1 is 1.18 bits per heavy atom. The van der Waals surface area contributed by atoms with Gasteiger partial charge in [0.2, 0.25) is 0 Å². The molecule has 0 aliphatic carbocycles. The molecule has 0 fully saturated rings. The van der Waals surface area contributed by atoms with E-state index in [1.165, 1.54) is 18.0 Å². The van der Waals surface area contributed by atoms with E-state index in [2.05, 4.69) is 9.97 Å². The zero-order valence-corrected chi connectivity index (χ0v) is 10.3. The van der Waals surface area contributed by atoms with Crippen LogP contribution in [0.3, 0.4) is 0 Å². The summed E-state index contributed by atoms with van der Waals surface area (Å²) in [5.41, 5.74) is 5.83. The van der Waals surface area contributed by atoms with E-state index in [1.54, 1.807) is 18.3 Å². The van der Waals surface area contributed by atoms with Crippen molar-refractivity contribution in [1.82, 2.24) is 9.97 Å². The summed E-state index contributed by atoms with van der Waals surface area (Å²) >= 11 is 7.20. The number of aromatic nitrogens is 2. The van der Waals surface area contributed by atoms with E-state index in [-0.39, 0.29) is 5.84 Å². The standard InChI is InChI=1S/C11H9ClN4S/c12-7-1-3-8(4-2-7)17-11-9(10(13)14)15-5-6-16-11/h1-6H,(H3,13,14). The number of benzene rings is 1. The van der Waals surface area contributed by atoms with Crippen molar-refractivity contribution in [2.45, 2.75) is 9.92 Å². The summed E-state index contributed by atoms with van der Waals surface area (Å²) < 4.78 is 0. The molecule has 0 amide bonds. The minimum absolute atomic E-state index is 0.0884. The minimum atomic E-state index is -0.0884. The number of hydrogen-bond acceptors (Lipinski definition) is 4. The molecule has 6 heteroatoms. The summed E-state index contributed by atoms with van der Waals surface area (Å²) in [4.78, 5) is 9.17. The third kappa shape index (κ3) is 2.95. The lowest BCUT2D eigenvalue weighted by Crippen LogP contribution is -2.14. The van der Waals surface area contributed by atoms with Gasteiger partial charge in [0.1, 0.15) is 16.6 Å². The number of halogens is 1. The molecule has 2 aromatic rings. The maximum absolute atomic E-state index is 7.42. The Balaban J connectivity index is 2.30. The highest BCUT2D eigenvalue weighted by Gasteiger charge is 2.09. The predicted molar refractivity (Wildman–Crippen MR) is 68.6 cm³/mol. The summed E-state index contributed by atoms with van der Waals surface area (Å²) in [6.07, 6.45) is 3.09. The number of amidine groups is 1. The Labute approximate surface area is 108 Å². The normalized spacial score (nSPS) is 10.2. The fourth-order valence-corrected chi connectivity index (χ4v) is 2.19. The van der Waals surface area contributed by atoms with Crippen LogP contribution in [0, 0.1) is 5.41 Å². The molecular weight excluding hydrogens is 256 g/mol. The summed E-state index contributed by atoms with van der Waals surface area (Å²) in [6.45, 7) is 0. The molecule has 2 rings (SSSR count). The van der Waals surface area contributed by atoms with Crippen LogP contribution in [-0.4, -0.2) is 15.8 Å². The number of nitrogens with one attached hydrogen (secondary N) is 1. The van der Waals surface area contributed by atoms with Crippen molar-refractivity contribution < 1.29 is 0 Å². The molecule has 0 aliphatic heterocycles. The van der Waals surface area contributed by atoms with Gasteiger partial charge in [-0.05, 0) is 24.3 Å². The molecule has 86 valence electrons. The van der Waals surface area contributed by atoms with Crippen LogP contribution >= 0.6 is 23.4 Å². The lowest BCUT2D eigenvalue weighted by Gasteiger charge is -2.05. The van der Waals surface area contributed by atoms with Crippen molar-refractivity contribution in [2.24, 2.45) is 5.73 Å². The fraction of sp³-hybridized carbons (Fsp3) is 0. The van der Waals surface area contributed by atoms with Crippen molar-refractivity contribution >= 4 is 29.2 Å². The molecule has 1 heterocycles. The second-order valence-electron chi connectivity index (χ2n) is 3.18. The molecule has 0 spiro atoms. The SMILES string of the molecule is N=C(N)c1nccnc1Sc1ccc(Cl)cc1. The van der Waals surface area contributed by atoms with Crippen LogP contribution in [0.2, 0.25) is 5.02 Å². The first kappa shape index (κ1) is 11.9. The largest absolute Gasteiger partial charge is 0.382 e. The summed E-state index contributed by atoms with van der Waals surface area (Å²) in [5.74, 6) is -0.0884. The average molecular weight is 265 g/mol. The molecule has 1 aromatic carbocycles. The van der Waals surface area contributed by atoms with E-state index in [9.17, 15) is 0 Å². The highest BCUT2D eigenvalue weighted by molar-refractivity contribution is 7.99. The molecule has 0 unspecified atom stereocenters. The highest BCUT2D eigenvalue weighted by atomic mass is 35.5. The third-order valence-corrected chi connectivity index (χ3v) is 3.20. The van der Waals surface area contributed by atoms with Gasteiger partial charge in [0.25, 0.3) is 0 Å². The van der Waals surface area contributed by atoms with E-state index in [4.69, 9.17) is 22.7 Å². The van der Waals surface area contributed by atoms with Gasteiger partial charge in [-0.15, -0.1) is 0 Å². The van der Waals surface area contributed by atoms with Crippen molar-refractivity contribution in [2.75, 3.05) is 0 Å². The zero-order valence-electron chi connectivity index (χ0n) is 8.72. The van der Waals surface area contributed by atoms with Gasteiger partial charge >= 0.3 is 0 Å². The lowest BCUT2D eigenvalue weighted by atomic mass is 10.4. The van der Waals surface area contributed by atoms with Crippen LogP contribution in [-0.2, 0) is 0 Å². The first-order valence-corrected chi connectivity index (χ1v) is 5.95. The van der Waals surface area contributed by atoms with Crippen LogP contribution in [0.1, 0.15) is 5.69 Å². The number of nitrogens with zero attached hydrogens (tertiary/aromatic N) is 2. The van der Waals surface area contributed by atoms with E-state index >= 15 is 0 Å². The molecule has 0 bridgehead atoms. The summed E-state index contributed by atoms with van der Waals surface area (Å²) in [6, 6.07) is 7.36. The van der Waals surface area contributed by atoms with E-state index in [0.29, 0.717) is 15.7 Å². The van der Waals surface area contributed by atoms with Crippen LogP contribution in [0.5, 0.6) is 0 Å². The molecular formula is C11H9ClN4S. The lowest BCUT2D eigenvalue weighted by molar-refractivity contribution is 1.03. The molecule has 0 saturated carbocycles. The molecule has 0 aliphatic rings. The van der Waals surface area contributed by atoms with Gasteiger partial charge in [0.15, 0.2) is 0 Å². The molecule has 17 heavy (non-hydrogen) atoms. The molecule has 0 atom stereocenters. The predicted octanol–water partition coefficient (Wildman–Crippen LogP) is 2.57. The maximum atomic E-state index is 7.42. The smallest absolute Gasteiger partial charge is 0.144 e. The molecule has 1 aromatic heterocycles. The Kier molecular flexibility index (Phi) is 3.61. The zero-order chi connectivity index (χ0) is 12.3. The van der Waals surface area contributed by atoms with Crippen LogP contribution in [0.4, 0.5) is 0 Å². The van der Waals surface area contributed by atoms with E-state index in [0.717, 1.165) is 4.90 Å². The first-order chi connectivity index (χ1) is 8.16. The first-order valence-electron chi connectivity index (χ1n) is 4.75. The van der Waals surface area contributed by atoms with Crippen LogP contribution < -0.4 is 5.73 Å². The highest BCUT2D eigenvalue weighted by Crippen LogP contribution is 2.28. The van der Waals surface area contributed by atoms with E-state index < -0.39 is 0 Å². The van der Waals surface area contributed by atoms with Crippen molar-refractivity contribution in [3.05, 3.63) is 47.4 Å². The number of rotatable bonds is 3. The van der Waals surface area contributed by atoms with Crippen molar-refractivity contribution in [1.29, 1.82) is 5.41 Å².